The van der Waals surface area contributed by atoms with Gasteiger partial charge in [-0.3, -0.25) is 4.79 Å². The molecule has 0 aromatic heterocycles. The summed E-state index contributed by atoms with van der Waals surface area (Å²) in [7, 11) is 0. The molecule has 3 aromatic carbocycles. The molecule has 29 heavy (non-hydrogen) atoms. The predicted octanol–water partition coefficient (Wildman–Crippen LogP) is 4.89. The molecular formula is C24H18BrNO3. The maximum absolute atomic E-state index is 12.9. The number of halogens is 1. The van der Waals surface area contributed by atoms with E-state index in [-0.39, 0.29) is 19.1 Å². The van der Waals surface area contributed by atoms with Crippen LogP contribution >= 0.6 is 15.9 Å². The fourth-order valence-electron chi connectivity index (χ4n) is 3.22. The van der Waals surface area contributed by atoms with E-state index in [1.165, 1.54) is 0 Å². The summed E-state index contributed by atoms with van der Waals surface area (Å²) in [5.74, 6) is 7.50. The Labute approximate surface area is 178 Å². The molecule has 0 aliphatic carbocycles. The molecule has 0 radical (unpaired) electrons. The Morgan fingerprint density at radius 2 is 1.66 bits per heavy atom. The van der Waals surface area contributed by atoms with Crippen LogP contribution in [0.1, 0.15) is 17.0 Å². The monoisotopic (exact) mass is 447 g/mol. The van der Waals surface area contributed by atoms with E-state index in [1.54, 1.807) is 0 Å². The second kappa shape index (κ2) is 8.85. The molecule has 0 bridgehead atoms. The van der Waals surface area contributed by atoms with Crippen LogP contribution in [0, 0.1) is 11.8 Å². The quantitative estimate of drug-likeness (QED) is 0.579. The zero-order valence-corrected chi connectivity index (χ0v) is 17.1. The zero-order valence-electron chi connectivity index (χ0n) is 15.5. The number of amides is 1. The topological polar surface area (TPSA) is 47.6 Å². The van der Waals surface area contributed by atoms with E-state index >= 15 is 0 Å². The normalized spacial score (nSPS) is 11.9. The number of carbonyl (C=O) groups is 1. The summed E-state index contributed by atoms with van der Waals surface area (Å²) in [5.41, 5.74) is 1.71. The van der Waals surface area contributed by atoms with Crippen molar-refractivity contribution in [3.05, 3.63) is 88.4 Å². The van der Waals surface area contributed by atoms with Gasteiger partial charge in [0.25, 0.3) is 0 Å². The van der Waals surface area contributed by atoms with Gasteiger partial charge in [-0.2, -0.15) is 0 Å². The van der Waals surface area contributed by atoms with Gasteiger partial charge in [0.05, 0.1) is 12.5 Å². The number of para-hydroxylation sites is 2. The van der Waals surface area contributed by atoms with Gasteiger partial charge < -0.3 is 14.8 Å². The summed E-state index contributed by atoms with van der Waals surface area (Å²) < 4.78 is 12.5. The lowest BCUT2D eigenvalue weighted by atomic mass is 9.87. The Bertz CT molecular complexity index is 1050. The lowest BCUT2D eigenvalue weighted by molar-refractivity contribution is -0.121. The van der Waals surface area contributed by atoms with Crippen LogP contribution in [0.3, 0.4) is 0 Å². The van der Waals surface area contributed by atoms with Crippen LogP contribution in [-0.4, -0.2) is 19.1 Å². The molecule has 144 valence electrons. The van der Waals surface area contributed by atoms with Crippen molar-refractivity contribution in [2.75, 3.05) is 13.2 Å². The number of carbonyl (C=O) groups excluding carboxylic acids is 1. The second-order valence-electron chi connectivity index (χ2n) is 6.43. The first-order valence-electron chi connectivity index (χ1n) is 9.20. The molecule has 1 heterocycles. The largest absolute Gasteiger partial charge is 0.481 e. The Morgan fingerprint density at radius 3 is 2.34 bits per heavy atom. The van der Waals surface area contributed by atoms with Crippen molar-refractivity contribution in [1.29, 1.82) is 0 Å². The van der Waals surface area contributed by atoms with Crippen molar-refractivity contribution >= 4 is 21.8 Å². The number of nitrogens with one attached hydrogen (secondary N) is 1. The van der Waals surface area contributed by atoms with E-state index in [4.69, 9.17) is 9.47 Å². The Hall–Kier alpha value is -3.23. The summed E-state index contributed by atoms with van der Waals surface area (Å²) in [5, 5.41) is 2.91. The third-order valence-electron chi connectivity index (χ3n) is 4.53. The minimum absolute atomic E-state index is 0.101. The number of fused-ring (bicyclic) bond motifs is 2. The molecule has 1 aliphatic rings. The summed E-state index contributed by atoms with van der Waals surface area (Å²) >= 11 is 3.40. The average Bonchev–Trinajstić information content (AvgIpc) is 2.74. The van der Waals surface area contributed by atoms with Crippen LogP contribution in [0.4, 0.5) is 0 Å². The third kappa shape index (κ3) is 4.44. The van der Waals surface area contributed by atoms with Crippen molar-refractivity contribution in [3.63, 3.8) is 0 Å². The van der Waals surface area contributed by atoms with Gasteiger partial charge in [0.1, 0.15) is 23.9 Å². The van der Waals surface area contributed by atoms with E-state index in [0.29, 0.717) is 11.5 Å². The van der Waals surface area contributed by atoms with E-state index < -0.39 is 5.92 Å². The number of rotatable bonds is 4. The van der Waals surface area contributed by atoms with E-state index in [9.17, 15) is 4.79 Å². The van der Waals surface area contributed by atoms with Crippen molar-refractivity contribution in [2.45, 2.75) is 5.92 Å². The highest BCUT2D eigenvalue weighted by Crippen LogP contribution is 2.43. The molecule has 3 aromatic rings. The molecule has 0 unspecified atom stereocenters. The van der Waals surface area contributed by atoms with Gasteiger partial charge in [-0.1, -0.05) is 70.2 Å². The van der Waals surface area contributed by atoms with Crippen molar-refractivity contribution < 1.29 is 14.3 Å². The summed E-state index contributed by atoms with van der Waals surface area (Å²) in [6.07, 6.45) is 0. The molecule has 0 atom stereocenters. The van der Waals surface area contributed by atoms with Gasteiger partial charge in [-0.05, 0) is 30.3 Å². The first-order chi connectivity index (χ1) is 14.2. The van der Waals surface area contributed by atoms with Gasteiger partial charge in [0.2, 0.25) is 5.91 Å². The Balaban J connectivity index is 1.39. The first kappa shape index (κ1) is 19.1. The van der Waals surface area contributed by atoms with Crippen LogP contribution in [0.5, 0.6) is 17.2 Å². The fraction of sp³-hybridized carbons (Fsp3) is 0.125. The maximum Gasteiger partial charge on any atom is 0.233 e. The van der Waals surface area contributed by atoms with Crippen molar-refractivity contribution in [3.8, 4) is 29.1 Å². The molecule has 0 saturated heterocycles. The number of benzene rings is 3. The molecule has 5 heteroatoms. The molecule has 0 fully saturated rings. The number of hydrogen-bond donors (Lipinski definition) is 1. The van der Waals surface area contributed by atoms with Crippen LogP contribution in [-0.2, 0) is 4.79 Å². The Kier molecular flexibility index (Phi) is 5.83. The van der Waals surface area contributed by atoms with Crippen LogP contribution in [0.15, 0.2) is 77.3 Å². The molecule has 1 N–H and O–H groups in total. The van der Waals surface area contributed by atoms with Gasteiger partial charge in [0, 0.05) is 15.6 Å². The number of ether oxygens (including phenoxy) is 2. The lowest BCUT2D eigenvalue weighted by Gasteiger charge is -2.27. The van der Waals surface area contributed by atoms with Gasteiger partial charge in [-0.15, -0.1) is 0 Å². The van der Waals surface area contributed by atoms with Crippen molar-refractivity contribution in [1.82, 2.24) is 5.32 Å². The van der Waals surface area contributed by atoms with Crippen molar-refractivity contribution in [2.24, 2.45) is 0 Å². The van der Waals surface area contributed by atoms with Crippen LogP contribution in [0.2, 0.25) is 0 Å². The fourth-order valence-corrected chi connectivity index (χ4v) is 3.59. The lowest BCUT2D eigenvalue weighted by Crippen LogP contribution is -2.31. The standard InChI is InChI=1S/C24H18BrNO3/c25-17-8-7-9-18(16-17)28-15-6-5-14-26-24(27)23-19-10-1-3-12-21(19)29-22-13-4-2-11-20(22)23/h1-4,7-13,16,23H,14-15H2,(H,26,27). The molecule has 1 aliphatic heterocycles. The summed E-state index contributed by atoms with van der Waals surface area (Å²) in [6.45, 7) is 0.512. The van der Waals surface area contributed by atoms with Gasteiger partial charge >= 0.3 is 0 Å². The molecule has 1 amide bonds. The predicted molar refractivity (Wildman–Crippen MR) is 115 cm³/mol. The zero-order chi connectivity index (χ0) is 20.1. The molecule has 4 rings (SSSR count). The minimum Gasteiger partial charge on any atom is -0.481 e. The average molecular weight is 448 g/mol. The molecule has 0 spiro atoms. The number of hydrogen-bond acceptors (Lipinski definition) is 3. The minimum atomic E-state index is -0.420. The Morgan fingerprint density at radius 1 is 0.966 bits per heavy atom. The van der Waals surface area contributed by atoms with E-state index in [2.05, 4.69) is 33.1 Å². The second-order valence-corrected chi connectivity index (χ2v) is 7.34. The summed E-state index contributed by atoms with van der Waals surface area (Å²) in [6, 6.07) is 22.8. The SMILES string of the molecule is O=C(NCC#CCOc1cccc(Br)c1)C1c2ccccc2Oc2ccccc21. The molecule has 4 nitrogen and oxygen atoms in total. The molecule has 0 saturated carbocycles. The van der Waals surface area contributed by atoms with E-state index in [1.807, 2.05) is 72.8 Å². The highest BCUT2D eigenvalue weighted by molar-refractivity contribution is 9.10. The highest BCUT2D eigenvalue weighted by Gasteiger charge is 2.31. The highest BCUT2D eigenvalue weighted by atomic mass is 79.9. The van der Waals surface area contributed by atoms with Crippen LogP contribution in [0.25, 0.3) is 0 Å². The maximum atomic E-state index is 12.9. The van der Waals surface area contributed by atoms with Gasteiger partial charge in [-0.25, -0.2) is 0 Å². The van der Waals surface area contributed by atoms with Crippen LogP contribution < -0.4 is 14.8 Å². The molecular weight excluding hydrogens is 430 g/mol. The summed E-state index contributed by atoms with van der Waals surface area (Å²) in [4.78, 5) is 12.9. The van der Waals surface area contributed by atoms with E-state index in [0.717, 1.165) is 21.3 Å². The third-order valence-corrected chi connectivity index (χ3v) is 5.02. The van der Waals surface area contributed by atoms with Gasteiger partial charge in [0.15, 0.2) is 0 Å². The first-order valence-corrected chi connectivity index (χ1v) is 9.99. The smallest absolute Gasteiger partial charge is 0.233 e.